The van der Waals surface area contributed by atoms with Gasteiger partial charge in [-0.3, -0.25) is 4.79 Å². The van der Waals surface area contributed by atoms with E-state index in [-0.39, 0.29) is 18.1 Å². The van der Waals surface area contributed by atoms with Crippen LogP contribution in [0.4, 0.5) is 0 Å². The van der Waals surface area contributed by atoms with Gasteiger partial charge in [-0.1, -0.05) is 18.2 Å². The minimum atomic E-state index is -0.940. The standard InChI is InChI=1S/C16H16N2O4/c1-11(15(19)18(2)9-5-8-17)21-16(20)14-10-12-6-3-4-7-13(12)22-14/h3-4,6-7,10-11H,5,9H2,1-2H3/t11-/m1/s1. The molecule has 1 amide bonds. The number of nitrogens with zero attached hydrogens (tertiary/aromatic N) is 2. The monoisotopic (exact) mass is 300 g/mol. The summed E-state index contributed by atoms with van der Waals surface area (Å²) in [5.41, 5.74) is 0.583. The quantitative estimate of drug-likeness (QED) is 0.791. The minimum absolute atomic E-state index is 0.0560. The molecule has 0 bridgehead atoms. The first-order chi connectivity index (χ1) is 10.5. The molecule has 0 N–H and O–H groups in total. The van der Waals surface area contributed by atoms with E-state index in [2.05, 4.69) is 0 Å². The predicted molar refractivity (Wildman–Crippen MR) is 79.0 cm³/mol. The van der Waals surface area contributed by atoms with Gasteiger partial charge in [0.05, 0.1) is 12.5 Å². The number of hydrogen-bond donors (Lipinski definition) is 0. The molecule has 0 aliphatic carbocycles. The van der Waals surface area contributed by atoms with Gasteiger partial charge in [0.25, 0.3) is 5.91 Å². The lowest BCUT2D eigenvalue weighted by Gasteiger charge is -2.19. The molecule has 22 heavy (non-hydrogen) atoms. The van der Waals surface area contributed by atoms with E-state index in [9.17, 15) is 9.59 Å². The number of nitriles is 1. The van der Waals surface area contributed by atoms with Crippen molar-refractivity contribution in [3.8, 4) is 6.07 Å². The van der Waals surface area contributed by atoms with Crippen molar-refractivity contribution in [2.75, 3.05) is 13.6 Å². The highest BCUT2D eigenvalue weighted by atomic mass is 16.6. The molecule has 2 aromatic rings. The lowest BCUT2D eigenvalue weighted by Crippen LogP contribution is -2.37. The van der Waals surface area contributed by atoms with Crippen LogP contribution in [0.5, 0.6) is 0 Å². The molecule has 0 saturated heterocycles. The average Bonchev–Trinajstić information content (AvgIpc) is 2.95. The third-order valence-corrected chi connectivity index (χ3v) is 3.19. The van der Waals surface area contributed by atoms with Gasteiger partial charge in [0.1, 0.15) is 5.58 Å². The molecule has 1 aromatic heterocycles. The van der Waals surface area contributed by atoms with Crippen LogP contribution in [0.25, 0.3) is 11.0 Å². The zero-order valence-corrected chi connectivity index (χ0v) is 12.4. The summed E-state index contributed by atoms with van der Waals surface area (Å²) >= 11 is 0. The molecule has 1 atom stereocenters. The van der Waals surface area contributed by atoms with E-state index in [4.69, 9.17) is 14.4 Å². The Labute approximate surface area is 127 Å². The Hall–Kier alpha value is -2.81. The van der Waals surface area contributed by atoms with E-state index < -0.39 is 12.1 Å². The average molecular weight is 300 g/mol. The smallest absolute Gasteiger partial charge is 0.375 e. The van der Waals surface area contributed by atoms with Crippen LogP contribution in [0, 0.1) is 11.3 Å². The van der Waals surface area contributed by atoms with Crippen LogP contribution in [0.2, 0.25) is 0 Å². The molecule has 0 saturated carbocycles. The summed E-state index contributed by atoms with van der Waals surface area (Å²) < 4.78 is 10.5. The molecule has 0 aliphatic heterocycles. The molecule has 114 valence electrons. The number of likely N-dealkylation sites (N-methyl/N-ethyl adjacent to an activating group) is 1. The van der Waals surface area contributed by atoms with Crippen molar-refractivity contribution in [3.63, 3.8) is 0 Å². The molecule has 1 heterocycles. The van der Waals surface area contributed by atoms with E-state index >= 15 is 0 Å². The highest BCUT2D eigenvalue weighted by Crippen LogP contribution is 2.19. The summed E-state index contributed by atoms with van der Waals surface area (Å²) in [5.74, 6) is -0.994. The van der Waals surface area contributed by atoms with E-state index in [1.807, 2.05) is 18.2 Å². The predicted octanol–water partition coefficient (Wildman–Crippen LogP) is 2.35. The van der Waals surface area contributed by atoms with Crippen LogP contribution < -0.4 is 0 Å². The van der Waals surface area contributed by atoms with E-state index in [1.165, 1.54) is 11.8 Å². The van der Waals surface area contributed by atoms with Crippen LogP contribution in [-0.2, 0) is 9.53 Å². The van der Waals surface area contributed by atoms with Crippen LogP contribution in [0.3, 0.4) is 0 Å². The van der Waals surface area contributed by atoms with Gasteiger partial charge >= 0.3 is 5.97 Å². The SMILES string of the molecule is C[C@@H](OC(=O)c1cc2ccccc2o1)C(=O)N(C)CCC#N. The first-order valence-corrected chi connectivity index (χ1v) is 6.84. The fourth-order valence-electron chi connectivity index (χ4n) is 1.99. The van der Waals surface area contributed by atoms with E-state index in [0.717, 1.165) is 5.39 Å². The second-order valence-corrected chi connectivity index (χ2v) is 4.86. The number of ether oxygens (including phenoxy) is 1. The van der Waals surface area contributed by atoms with Crippen molar-refractivity contribution >= 4 is 22.8 Å². The molecular formula is C16H16N2O4. The highest BCUT2D eigenvalue weighted by molar-refractivity contribution is 5.94. The Morgan fingerprint density at radius 1 is 1.41 bits per heavy atom. The maximum absolute atomic E-state index is 12.0. The second-order valence-electron chi connectivity index (χ2n) is 4.86. The minimum Gasteiger partial charge on any atom is -0.449 e. The maximum atomic E-state index is 12.0. The number of para-hydroxylation sites is 1. The van der Waals surface area contributed by atoms with E-state index in [1.54, 1.807) is 25.2 Å². The van der Waals surface area contributed by atoms with Crippen molar-refractivity contribution < 1.29 is 18.7 Å². The van der Waals surface area contributed by atoms with Crippen LogP contribution >= 0.6 is 0 Å². The van der Waals surface area contributed by atoms with Crippen molar-refractivity contribution in [2.45, 2.75) is 19.4 Å². The van der Waals surface area contributed by atoms with Gasteiger partial charge in [-0.05, 0) is 19.1 Å². The molecule has 0 spiro atoms. The first kappa shape index (κ1) is 15.6. The number of carbonyl (C=O) groups is 2. The summed E-state index contributed by atoms with van der Waals surface area (Å²) in [6.45, 7) is 1.79. The fourth-order valence-corrected chi connectivity index (χ4v) is 1.99. The lowest BCUT2D eigenvalue weighted by atomic mass is 10.2. The topological polar surface area (TPSA) is 83.5 Å². The van der Waals surface area contributed by atoms with Gasteiger partial charge < -0.3 is 14.1 Å². The third kappa shape index (κ3) is 3.44. The van der Waals surface area contributed by atoms with Gasteiger partial charge in [-0.2, -0.15) is 5.26 Å². The summed E-state index contributed by atoms with van der Waals surface area (Å²) in [5, 5.41) is 9.30. The Morgan fingerprint density at radius 3 is 2.82 bits per heavy atom. The zero-order valence-electron chi connectivity index (χ0n) is 12.4. The number of benzene rings is 1. The third-order valence-electron chi connectivity index (χ3n) is 3.19. The van der Waals surface area contributed by atoms with Gasteiger partial charge in [-0.25, -0.2) is 4.79 Å². The Balaban J connectivity index is 2.01. The number of rotatable bonds is 5. The van der Waals surface area contributed by atoms with Crippen LogP contribution in [0.1, 0.15) is 23.9 Å². The molecule has 6 nitrogen and oxygen atoms in total. The number of esters is 1. The largest absolute Gasteiger partial charge is 0.449 e. The first-order valence-electron chi connectivity index (χ1n) is 6.84. The Kier molecular flexibility index (Phi) is 4.79. The molecule has 6 heteroatoms. The van der Waals surface area contributed by atoms with Crippen molar-refractivity contribution in [1.82, 2.24) is 4.90 Å². The molecule has 2 rings (SSSR count). The Bertz CT molecular complexity index is 696. The Morgan fingerprint density at radius 2 is 2.14 bits per heavy atom. The molecule has 0 aliphatic rings. The molecular weight excluding hydrogens is 284 g/mol. The molecule has 0 unspecified atom stereocenters. The van der Waals surface area contributed by atoms with Crippen molar-refractivity contribution in [3.05, 3.63) is 36.1 Å². The summed E-state index contributed by atoms with van der Waals surface area (Å²) in [7, 11) is 1.56. The number of fused-ring (bicyclic) bond motifs is 1. The second kappa shape index (κ2) is 6.76. The summed E-state index contributed by atoms with van der Waals surface area (Å²) in [4.78, 5) is 25.4. The summed E-state index contributed by atoms with van der Waals surface area (Å²) in [6, 6.07) is 10.7. The normalized spacial score (nSPS) is 11.7. The van der Waals surface area contributed by atoms with Gasteiger partial charge in [-0.15, -0.1) is 0 Å². The number of furan rings is 1. The van der Waals surface area contributed by atoms with Crippen molar-refractivity contribution in [2.24, 2.45) is 0 Å². The van der Waals surface area contributed by atoms with Crippen molar-refractivity contribution in [1.29, 1.82) is 5.26 Å². The molecule has 0 radical (unpaired) electrons. The van der Waals surface area contributed by atoms with Gasteiger partial charge in [0.15, 0.2) is 6.10 Å². The summed E-state index contributed by atoms with van der Waals surface area (Å²) in [6.07, 6.45) is -0.712. The highest BCUT2D eigenvalue weighted by Gasteiger charge is 2.23. The maximum Gasteiger partial charge on any atom is 0.375 e. The molecule has 0 fully saturated rings. The van der Waals surface area contributed by atoms with E-state index in [0.29, 0.717) is 12.1 Å². The fraction of sp³-hybridized carbons (Fsp3) is 0.312. The van der Waals surface area contributed by atoms with Gasteiger partial charge in [0, 0.05) is 19.0 Å². The van der Waals surface area contributed by atoms with Crippen LogP contribution in [-0.4, -0.2) is 36.5 Å². The number of amides is 1. The zero-order chi connectivity index (χ0) is 16.1. The number of hydrogen-bond acceptors (Lipinski definition) is 5. The lowest BCUT2D eigenvalue weighted by molar-refractivity contribution is -0.138. The molecule has 1 aromatic carbocycles. The van der Waals surface area contributed by atoms with Gasteiger partial charge in [0.2, 0.25) is 5.76 Å². The van der Waals surface area contributed by atoms with Crippen LogP contribution in [0.15, 0.2) is 34.7 Å². The number of carbonyl (C=O) groups excluding carboxylic acids is 2.